The van der Waals surface area contributed by atoms with Gasteiger partial charge in [0.2, 0.25) is 5.91 Å². The molecule has 1 amide bonds. The number of aliphatic hydroxyl groups excluding tert-OH is 2. The van der Waals surface area contributed by atoms with E-state index in [0.29, 0.717) is 45.7 Å². The number of hydrogen-bond acceptors (Lipinski definition) is 5. The number of fused-ring (bicyclic) bond motifs is 1. The van der Waals surface area contributed by atoms with Gasteiger partial charge in [-0.25, -0.2) is 4.39 Å². The van der Waals surface area contributed by atoms with E-state index in [2.05, 4.69) is 10.6 Å². The number of ether oxygens (including phenoxy) is 1. The van der Waals surface area contributed by atoms with Crippen LogP contribution in [0.2, 0.25) is 0 Å². The smallest absolute Gasteiger partial charge is 0.223 e. The number of hydrogen-bond donors (Lipinski definition) is 4. The number of halogens is 2. The van der Waals surface area contributed by atoms with Gasteiger partial charge in [-0.05, 0) is 48.9 Å². The maximum absolute atomic E-state index is 13.9. The molecule has 1 aromatic rings. The normalized spacial score (nSPS) is 35.2. The number of aliphatic hydroxyl groups is 2. The molecule has 0 bridgehead atoms. The number of nitrogens with one attached hydrogen (secondary N) is 2. The van der Waals surface area contributed by atoms with Crippen LogP contribution in [0.5, 0.6) is 0 Å². The Kier molecular flexibility index (Phi) is 7.40. The number of amides is 1. The summed E-state index contributed by atoms with van der Waals surface area (Å²) in [6, 6.07) is 6.61. The number of rotatable bonds is 4. The standard InChI is InChI=1S/C22H31FN2O4.ClH/c1-13-18(16-10-24-11-17(16)20(27)19(13)26)21(28)25-12-22(5-7-29-8-6-22)14-3-2-4-15(23)9-14;/h2-4,9,13,16-20,24,26-27H,5-8,10-12H2,1H3,(H,25,28);1H/t13-,16+,17+,18+,19+,20+;/m1./s1. The monoisotopic (exact) mass is 442 g/mol. The molecule has 6 atom stereocenters. The van der Waals surface area contributed by atoms with E-state index in [4.69, 9.17) is 4.74 Å². The van der Waals surface area contributed by atoms with Crippen LogP contribution in [0.15, 0.2) is 24.3 Å². The first kappa shape index (κ1) is 23.4. The van der Waals surface area contributed by atoms with Gasteiger partial charge in [-0.2, -0.15) is 0 Å². The van der Waals surface area contributed by atoms with E-state index in [1.165, 1.54) is 6.07 Å². The van der Waals surface area contributed by atoms with Crippen molar-refractivity contribution < 1.29 is 24.1 Å². The highest BCUT2D eigenvalue weighted by atomic mass is 35.5. The third-order valence-corrected chi connectivity index (χ3v) is 7.46. The summed E-state index contributed by atoms with van der Waals surface area (Å²) in [5.74, 6) is -1.17. The van der Waals surface area contributed by atoms with Crippen molar-refractivity contribution in [3.05, 3.63) is 35.6 Å². The Morgan fingerprint density at radius 3 is 2.63 bits per heavy atom. The molecule has 8 heteroatoms. The van der Waals surface area contributed by atoms with Gasteiger partial charge >= 0.3 is 0 Å². The summed E-state index contributed by atoms with van der Waals surface area (Å²) in [6.45, 7) is 4.68. The van der Waals surface area contributed by atoms with Gasteiger partial charge < -0.3 is 25.6 Å². The third-order valence-electron chi connectivity index (χ3n) is 7.46. The highest BCUT2D eigenvalue weighted by Crippen LogP contribution is 2.41. The van der Waals surface area contributed by atoms with Crippen molar-refractivity contribution in [3.8, 4) is 0 Å². The Labute approximate surface area is 183 Å². The molecule has 2 saturated heterocycles. The highest BCUT2D eigenvalue weighted by molar-refractivity contribution is 5.85. The maximum Gasteiger partial charge on any atom is 0.223 e. The quantitative estimate of drug-likeness (QED) is 0.563. The lowest BCUT2D eigenvalue weighted by molar-refractivity contribution is -0.146. The van der Waals surface area contributed by atoms with E-state index in [1.807, 2.05) is 13.0 Å². The van der Waals surface area contributed by atoms with Gasteiger partial charge in [0.15, 0.2) is 0 Å². The molecule has 1 saturated carbocycles. The molecule has 4 N–H and O–H groups in total. The number of carbonyl (C=O) groups excluding carboxylic acids is 1. The lowest BCUT2D eigenvalue weighted by Crippen LogP contribution is -2.56. The van der Waals surface area contributed by atoms with Crippen molar-refractivity contribution in [2.45, 2.75) is 37.4 Å². The molecule has 2 aliphatic heterocycles. The van der Waals surface area contributed by atoms with Crippen LogP contribution in [-0.4, -0.2) is 61.2 Å². The molecule has 30 heavy (non-hydrogen) atoms. The summed E-state index contributed by atoms with van der Waals surface area (Å²) < 4.78 is 19.4. The van der Waals surface area contributed by atoms with Crippen LogP contribution in [0.4, 0.5) is 4.39 Å². The Bertz CT molecular complexity index is 746. The zero-order valence-electron chi connectivity index (χ0n) is 17.2. The van der Waals surface area contributed by atoms with E-state index >= 15 is 0 Å². The number of carbonyl (C=O) groups is 1. The molecule has 168 valence electrons. The molecule has 0 unspecified atom stereocenters. The Morgan fingerprint density at radius 2 is 1.93 bits per heavy atom. The second kappa shape index (κ2) is 9.49. The van der Waals surface area contributed by atoms with Crippen LogP contribution in [0.3, 0.4) is 0 Å². The van der Waals surface area contributed by atoms with Crippen molar-refractivity contribution in [3.63, 3.8) is 0 Å². The van der Waals surface area contributed by atoms with Gasteiger partial charge in [0, 0.05) is 43.6 Å². The Morgan fingerprint density at radius 1 is 1.23 bits per heavy atom. The maximum atomic E-state index is 13.9. The summed E-state index contributed by atoms with van der Waals surface area (Å²) in [5.41, 5.74) is 0.521. The molecule has 3 aliphatic rings. The van der Waals surface area contributed by atoms with Crippen molar-refractivity contribution in [1.29, 1.82) is 0 Å². The molecular weight excluding hydrogens is 411 g/mol. The van der Waals surface area contributed by atoms with Gasteiger partial charge in [-0.1, -0.05) is 19.1 Å². The molecule has 2 heterocycles. The minimum Gasteiger partial charge on any atom is -0.390 e. The summed E-state index contributed by atoms with van der Waals surface area (Å²) in [5, 5.41) is 27.2. The zero-order valence-corrected chi connectivity index (χ0v) is 18.0. The minimum absolute atomic E-state index is 0. The molecule has 3 fully saturated rings. The van der Waals surface area contributed by atoms with Gasteiger partial charge in [0.05, 0.1) is 12.2 Å². The molecular formula is C22H32ClFN2O4. The average Bonchev–Trinajstić information content (AvgIpc) is 3.21. The van der Waals surface area contributed by atoms with E-state index in [-0.39, 0.29) is 53.2 Å². The lowest BCUT2D eigenvalue weighted by atomic mass is 9.65. The van der Waals surface area contributed by atoms with Crippen molar-refractivity contribution in [2.24, 2.45) is 23.7 Å². The second-order valence-corrected chi connectivity index (χ2v) is 8.97. The van der Waals surface area contributed by atoms with E-state index < -0.39 is 12.2 Å². The minimum atomic E-state index is -0.910. The van der Waals surface area contributed by atoms with Crippen LogP contribution in [0.1, 0.15) is 25.3 Å². The fourth-order valence-corrected chi connectivity index (χ4v) is 5.61. The summed E-state index contributed by atoms with van der Waals surface area (Å²) in [4.78, 5) is 13.2. The lowest BCUT2D eigenvalue weighted by Gasteiger charge is -2.44. The molecule has 1 aliphatic carbocycles. The molecule has 0 radical (unpaired) electrons. The van der Waals surface area contributed by atoms with Crippen LogP contribution in [0, 0.1) is 29.5 Å². The van der Waals surface area contributed by atoms with Crippen LogP contribution in [0.25, 0.3) is 0 Å². The fraction of sp³-hybridized carbons (Fsp3) is 0.682. The predicted octanol–water partition coefficient (Wildman–Crippen LogP) is 1.24. The van der Waals surface area contributed by atoms with Gasteiger partial charge in [-0.3, -0.25) is 4.79 Å². The topological polar surface area (TPSA) is 90.8 Å². The number of benzene rings is 1. The third kappa shape index (κ3) is 4.23. The van der Waals surface area contributed by atoms with Crippen molar-refractivity contribution >= 4 is 18.3 Å². The summed E-state index contributed by atoms with van der Waals surface area (Å²) in [6.07, 6.45) is -0.284. The van der Waals surface area contributed by atoms with Gasteiger partial charge in [-0.15, -0.1) is 12.4 Å². The average molecular weight is 443 g/mol. The van der Waals surface area contributed by atoms with Crippen molar-refractivity contribution in [2.75, 3.05) is 32.8 Å². The molecule has 1 aromatic carbocycles. The highest BCUT2D eigenvalue weighted by Gasteiger charge is 2.52. The van der Waals surface area contributed by atoms with E-state index in [0.717, 1.165) is 5.56 Å². The van der Waals surface area contributed by atoms with Crippen LogP contribution >= 0.6 is 12.4 Å². The summed E-state index contributed by atoms with van der Waals surface area (Å²) >= 11 is 0. The largest absolute Gasteiger partial charge is 0.390 e. The van der Waals surface area contributed by atoms with E-state index in [1.54, 1.807) is 12.1 Å². The van der Waals surface area contributed by atoms with Crippen LogP contribution < -0.4 is 10.6 Å². The second-order valence-electron chi connectivity index (χ2n) is 8.97. The summed E-state index contributed by atoms with van der Waals surface area (Å²) in [7, 11) is 0. The molecule has 0 aromatic heterocycles. The van der Waals surface area contributed by atoms with Crippen LogP contribution in [-0.2, 0) is 14.9 Å². The Hall–Kier alpha value is -1.25. The SMILES string of the molecule is C[C@H]1[C@H](O)[C@@H](O)[C@H]2CNC[C@@H]2[C@H]1C(=O)NCC1(c2cccc(F)c2)CCOCC1.Cl. The zero-order chi connectivity index (χ0) is 20.6. The Balaban J connectivity index is 0.00000256. The molecule has 4 rings (SSSR count). The first-order chi connectivity index (χ1) is 13.9. The first-order valence-electron chi connectivity index (χ1n) is 10.6. The molecule has 0 spiro atoms. The van der Waals surface area contributed by atoms with Gasteiger partial charge in [0.25, 0.3) is 0 Å². The molecule has 6 nitrogen and oxygen atoms in total. The first-order valence-corrected chi connectivity index (χ1v) is 10.6. The van der Waals surface area contributed by atoms with Gasteiger partial charge in [0.1, 0.15) is 5.82 Å². The van der Waals surface area contributed by atoms with E-state index in [9.17, 15) is 19.4 Å². The van der Waals surface area contributed by atoms with Crippen molar-refractivity contribution in [1.82, 2.24) is 10.6 Å². The predicted molar refractivity (Wildman–Crippen MR) is 113 cm³/mol. The fourth-order valence-electron chi connectivity index (χ4n) is 5.61.